The Morgan fingerprint density at radius 1 is 1.07 bits per heavy atom. The van der Waals surface area contributed by atoms with Gasteiger partial charge in [0, 0.05) is 28.7 Å². The van der Waals surface area contributed by atoms with Crippen molar-refractivity contribution in [2.45, 2.75) is 23.8 Å². The highest BCUT2D eigenvalue weighted by Crippen LogP contribution is 2.61. The molecule has 2 atom stereocenters. The van der Waals surface area contributed by atoms with Crippen molar-refractivity contribution in [1.29, 1.82) is 0 Å². The second kappa shape index (κ2) is 5.75. The highest BCUT2D eigenvalue weighted by Gasteiger charge is 2.61. The normalized spacial score (nSPS) is 21.3. The summed E-state index contributed by atoms with van der Waals surface area (Å²) >= 11 is 1.75. The molecule has 1 aromatic carbocycles. The van der Waals surface area contributed by atoms with E-state index in [-0.39, 0.29) is 29.8 Å². The van der Waals surface area contributed by atoms with Gasteiger partial charge in [0.15, 0.2) is 12.2 Å². The zero-order valence-electron chi connectivity index (χ0n) is 14.2. The van der Waals surface area contributed by atoms with Gasteiger partial charge >= 0.3 is 0 Å². The lowest BCUT2D eigenvalue weighted by Gasteiger charge is -2.47. The van der Waals surface area contributed by atoms with E-state index in [1.54, 1.807) is 29.9 Å². The first kappa shape index (κ1) is 16.7. The highest BCUT2D eigenvalue weighted by molar-refractivity contribution is 7.09. The smallest absolute Gasteiger partial charge is 0.246 e. The van der Waals surface area contributed by atoms with Crippen molar-refractivity contribution in [3.63, 3.8) is 0 Å². The number of phenolic OH excluding ortho intramolecular Hbond substituents is 1. The summed E-state index contributed by atoms with van der Waals surface area (Å²) in [5.41, 5.74) is 4.19. The van der Waals surface area contributed by atoms with Crippen molar-refractivity contribution < 1.29 is 30.9 Å². The lowest BCUT2D eigenvalue weighted by Crippen LogP contribution is -3.00. The van der Waals surface area contributed by atoms with E-state index < -0.39 is 0 Å². The van der Waals surface area contributed by atoms with Gasteiger partial charge < -0.3 is 26.3 Å². The van der Waals surface area contributed by atoms with Crippen molar-refractivity contribution in [2.75, 3.05) is 0 Å². The van der Waals surface area contributed by atoms with Crippen LogP contribution in [0.25, 0.3) is 0 Å². The van der Waals surface area contributed by atoms with Crippen molar-refractivity contribution in [3.05, 3.63) is 94.2 Å². The molecule has 0 radical (unpaired) electrons. The van der Waals surface area contributed by atoms with Crippen molar-refractivity contribution in [3.8, 4) is 5.75 Å². The fourth-order valence-electron chi connectivity index (χ4n) is 5.08. The molecule has 2 bridgehead atoms. The van der Waals surface area contributed by atoms with E-state index >= 15 is 0 Å². The lowest BCUT2D eigenvalue weighted by atomic mass is 9.55. The van der Waals surface area contributed by atoms with Crippen LogP contribution in [-0.2, 0) is 5.41 Å². The van der Waals surface area contributed by atoms with Gasteiger partial charge in [-0.1, -0.05) is 23.5 Å². The van der Waals surface area contributed by atoms with Crippen LogP contribution in [0.15, 0.2) is 75.8 Å². The maximum Gasteiger partial charge on any atom is 0.246 e. The molecule has 6 heteroatoms. The lowest BCUT2D eigenvalue weighted by molar-refractivity contribution is -0.727. The Balaban J connectivity index is 0.00000160. The summed E-state index contributed by atoms with van der Waals surface area (Å²) in [5.74, 6) is 0.382. The fraction of sp³-hybridized carbons (Fsp3) is 0.190. The number of halogens is 1. The number of nitrogens with zero attached hydrogens (tertiary/aromatic N) is 1. The molecule has 0 spiro atoms. The average molecular weight is 398 g/mol. The SMILES string of the molecule is Oc1cccc2c1C1c3scc[n+]3C2CC1(c1ccoc1)c1ccoc1.[Cl-]. The monoisotopic (exact) mass is 397 g/mol. The van der Waals surface area contributed by atoms with Gasteiger partial charge in [0.05, 0.1) is 41.8 Å². The second-order valence-corrected chi connectivity index (χ2v) is 8.00. The van der Waals surface area contributed by atoms with Gasteiger partial charge in [-0.25, -0.2) is 0 Å². The maximum absolute atomic E-state index is 10.8. The number of benzene rings is 1. The Morgan fingerprint density at radius 2 is 1.81 bits per heavy atom. The molecule has 3 aliphatic rings. The molecule has 1 aliphatic carbocycles. The fourth-order valence-corrected chi connectivity index (χ4v) is 6.18. The van der Waals surface area contributed by atoms with E-state index in [1.807, 2.05) is 30.7 Å². The largest absolute Gasteiger partial charge is 1.00 e. The Kier molecular flexibility index (Phi) is 3.55. The molecule has 0 saturated carbocycles. The molecule has 0 saturated heterocycles. The van der Waals surface area contributed by atoms with E-state index in [0.717, 1.165) is 23.1 Å². The van der Waals surface area contributed by atoms with Gasteiger partial charge in [0.25, 0.3) is 0 Å². The molecule has 27 heavy (non-hydrogen) atoms. The summed E-state index contributed by atoms with van der Waals surface area (Å²) in [7, 11) is 0. The molecule has 7 rings (SSSR count). The number of rotatable bonds is 2. The molecule has 136 valence electrons. The van der Waals surface area contributed by atoms with Gasteiger partial charge in [0.1, 0.15) is 5.75 Å². The number of phenols is 1. The molecule has 0 amide bonds. The summed E-state index contributed by atoms with van der Waals surface area (Å²) < 4.78 is 13.3. The number of thiazole rings is 1. The number of fused-ring (bicyclic) bond motifs is 1. The van der Waals surface area contributed by atoms with Gasteiger partial charge in [-0.15, -0.1) is 0 Å². The zero-order chi connectivity index (χ0) is 17.3. The van der Waals surface area contributed by atoms with Crippen LogP contribution in [0.2, 0.25) is 0 Å². The molecular weight excluding hydrogens is 382 g/mol. The molecule has 1 N–H and O–H groups in total. The molecule has 3 aromatic heterocycles. The third-order valence-electron chi connectivity index (χ3n) is 6.09. The molecule has 0 fully saturated rings. The Bertz CT molecular complexity index is 1070. The first-order valence-corrected chi connectivity index (χ1v) is 9.54. The van der Waals surface area contributed by atoms with E-state index in [4.69, 9.17) is 8.83 Å². The number of aromatic nitrogens is 1. The van der Waals surface area contributed by atoms with E-state index in [2.05, 4.69) is 22.2 Å². The summed E-state index contributed by atoms with van der Waals surface area (Å²) in [5, 5.41) is 14.2. The molecular formula is C21H16ClNO3S. The number of aromatic hydroxyl groups is 1. The topological polar surface area (TPSA) is 50.4 Å². The molecule has 4 nitrogen and oxygen atoms in total. The number of hydrogen-bond acceptors (Lipinski definition) is 4. The van der Waals surface area contributed by atoms with Crippen LogP contribution in [0.5, 0.6) is 5.75 Å². The molecule has 4 aromatic rings. The summed E-state index contributed by atoms with van der Waals surface area (Å²) in [4.78, 5) is 0. The van der Waals surface area contributed by atoms with Crippen LogP contribution in [0.1, 0.15) is 45.6 Å². The first-order valence-electron chi connectivity index (χ1n) is 8.66. The minimum Gasteiger partial charge on any atom is -1.00 e. The van der Waals surface area contributed by atoms with E-state index in [1.165, 1.54) is 10.6 Å². The van der Waals surface area contributed by atoms with E-state index in [9.17, 15) is 5.11 Å². The van der Waals surface area contributed by atoms with Gasteiger partial charge in [-0.05, 0) is 18.2 Å². The maximum atomic E-state index is 10.8. The zero-order valence-corrected chi connectivity index (χ0v) is 15.8. The van der Waals surface area contributed by atoms with Gasteiger partial charge in [-0.3, -0.25) is 0 Å². The van der Waals surface area contributed by atoms with Gasteiger partial charge in [0.2, 0.25) is 5.01 Å². The third-order valence-corrected chi connectivity index (χ3v) is 7.04. The predicted molar refractivity (Wildman–Crippen MR) is 95.4 cm³/mol. The number of hydrogen-bond donors (Lipinski definition) is 1. The summed E-state index contributed by atoms with van der Waals surface area (Å²) in [6.07, 6.45) is 10.2. The standard InChI is InChI=1S/C21H15NO3S.ClH/c23-17-3-1-2-15-16-10-21(13-4-7-24-11-13,14-5-8-25-12-14)19(18(15)17)20-22(16)6-9-26-20;/h1-9,11-12,16,19H,10H2;1H. The van der Waals surface area contributed by atoms with Crippen LogP contribution >= 0.6 is 11.3 Å². The predicted octanol–water partition coefficient (Wildman–Crippen LogP) is 1.36. The minimum absolute atomic E-state index is 0. The molecule has 2 aliphatic heterocycles. The van der Waals surface area contributed by atoms with Crippen LogP contribution in [0, 0.1) is 0 Å². The molecule has 2 unspecified atom stereocenters. The third kappa shape index (κ3) is 1.96. The quantitative estimate of drug-likeness (QED) is 0.520. The Morgan fingerprint density at radius 3 is 2.48 bits per heavy atom. The molecule has 5 heterocycles. The Labute approximate surface area is 166 Å². The highest BCUT2D eigenvalue weighted by atomic mass is 35.5. The number of furan rings is 2. The van der Waals surface area contributed by atoms with Crippen LogP contribution < -0.4 is 17.0 Å². The summed E-state index contributed by atoms with van der Waals surface area (Å²) in [6.45, 7) is 0. The van der Waals surface area contributed by atoms with Crippen LogP contribution in [0.3, 0.4) is 0 Å². The van der Waals surface area contributed by atoms with Gasteiger partial charge in [-0.2, -0.15) is 4.57 Å². The van der Waals surface area contributed by atoms with E-state index in [0.29, 0.717) is 5.75 Å². The Hall–Kier alpha value is -2.50. The van der Waals surface area contributed by atoms with Crippen LogP contribution in [0.4, 0.5) is 0 Å². The average Bonchev–Trinajstić information content (AvgIpc) is 3.44. The second-order valence-electron chi connectivity index (χ2n) is 7.08. The minimum atomic E-state index is -0.318. The van der Waals surface area contributed by atoms with Crippen molar-refractivity contribution in [2.24, 2.45) is 0 Å². The summed E-state index contributed by atoms with van der Waals surface area (Å²) in [6, 6.07) is 10.2. The first-order chi connectivity index (χ1) is 12.8. The van der Waals surface area contributed by atoms with Crippen molar-refractivity contribution in [1.82, 2.24) is 0 Å². The van der Waals surface area contributed by atoms with Crippen LogP contribution in [-0.4, -0.2) is 5.11 Å². The van der Waals surface area contributed by atoms with Crippen molar-refractivity contribution >= 4 is 11.3 Å².